The van der Waals surface area contributed by atoms with Gasteiger partial charge in [-0.3, -0.25) is 0 Å². The maximum absolute atomic E-state index is 14.0. The molecule has 0 atom stereocenters. The van der Waals surface area contributed by atoms with Crippen LogP contribution in [0.15, 0.2) is 18.2 Å². The molecule has 2 amide bonds. The van der Waals surface area contributed by atoms with Crippen LogP contribution < -0.4 is 5.32 Å². The first kappa shape index (κ1) is 18.7. The van der Waals surface area contributed by atoms with E-state index >= 15 is 0 Å². The van der Waals surface area contributed by atoms with E-state index in [4.69, 9.17) is 0 Å². The maximum atomic E-state index is 14.0. The average Bonchev–Trinajstić information content (AvgIpc) is 2.93. The van der Waals surface area contributed by atoms with E-state index in [-0.39, 0.29) is 18.4 Å². The van der Waals surface area contributed by atoms with Crippen molar-refractivity contribution in [3.8, 4) is 0 Å². The highest BCUT2D eigenvalue weighted by Crippen LogP contribution is 2.29. The molecule has 1 aliphatic rings. The van der Waals surface area contributed by atoms with Crippen LogP contribution in [0.5, 0.6) is 0 Å². The molecule has 0 heterocycles. The Morgan fingerprint density at radius 1 is 1.29 bits per heavy atom. The third-order valence-corrected chi connectivity index (χ3v) is 4.46. The second-order valence-electron chi connectivity index (χ2n) is 7.11. The van der Waals surface area contributed by atoms with Gasteiger partial charge in [-0.05, 0) is 38.6 Å². The summed E-state index contributed by atoms with van der Waals surface area (Å²) < 4.78 is 14.0. The smallest absolute Gasteiger partial charge is 0.317 e. The number of likely N-dealkylation sites (N-methyl/N-ethyl adjacent to an activating group) is 1. The number of benzene rings is 1. The second-order valence-corrected chi connectivity index (χ2v) is 7.11. The summed E-state index contributed by atoms with van der Waals surface area (Å²) in [6, 6.07) is 4.78. The molecule has 0 saturated heterocycles. The minimum atomic E-state index is -0.758. The van der Waals surface area contributed by atoms with E-state index in [0.29, 0.717) is 18.7 Å². The highest BCUT2D eigenvalue weighted by Gasteiger charge is 2.33. The molecule has 0 unspecified atom stereocenters. The number of carbonyl (C=O) groups is 1. The van der Waals surface area contributed by atoms with Gasteiger partial charge in [0.15, 0.2) is 0 Å². The summed E-state index contributed by atoms with van der Waals surface area (Å²) in [6.07, 6.45) is 3.49. The molecule has 1 aromatic carbocycles. The Morgan fingerprint density at radius 3 is 2.54 bits per heavy atom. The number of amides is 2. The lowest BCUT2D eigenvalue weighted by Crippen LogP contribution is -2.45. The van der Waals surface area contributed by atoms with Gasteiger partial charge in [-0.2, -0.15) is 0 Å². The number of halogens is 1. The number of nitrogens with zero attached hydrogens (tertiary/aromatic N) is 2. The van der Waals surface area contributed by atoms with Crippen LogP contribution in [0.25, 0.3) is 0 Å². The summed E-state index contributed by atoms with van der Waals surface area (Å²) in [7, 11) is 5.45. The van der Waals surface area contributed by atoms with Crippen molar-refractivity contribution in [1.29, 1.82) is 0 Å². The Labute approximate surface area is 143 Å². The van der Waals surface area contributed by atoms with Gasteiger partial charge in [0.2, 0.25) is 0 Å². The summed E-state index contributed by atoms with van der Waals surface area (Å²) >= 11 is 0. The fraction of sp³-hybridized carbons (Fsp3) is 0.611. The van der Waals surface area contributed by atoms with Crippen molar-refractivity contribution in [1.82, 2.24) is 15.1 Å². The standard InChI is InChI=1S/C18H28FN3O2/c1-21(2)12-15-7-6-14(10-16(15)19)11-20-17(23)22(3)13-18(24)8-4-5-9-18/h6-7,10,24H,4-5,8-9,11-13H2,1-3H3,(H,20,23). The molecule has 0 bridgehead atoms. The van der Waals surface area contributed by atoms with Gasteiger partial charge in [0, 0.05) is 25.7 Å². The Bertz CT molecular complexity index is 571. The summed E-state index contributed by atoms with van der Waals surface area (Å²) in [5.41, 5.74) is 0.596. The SMILES string of the molecule is CN(C)Cc1ccc(CNC(=O)N(C)CC2(O)CCCC2)cc1F. The minimum Gasteiger partial charge on any atom is -0.388 e. The van der Waals surface area contributed by atoms with Gasteiger partial charge in [0.05, 0.1) is 12.1 Å². The van der Waals surface area contributed by atoms with Crippen molar-refractivity contribution in [3.05, 3.63) is 35.1 Å². The van der Waals surface area contributed by atoms with Gasteiger partial charge < -0.3 is 20.2 Å². The van der Waals surface area contributed by atoms with Crippen LogP contribution in [0.4, 0.5) is 9.18 Å². The van der Waals surface area contributed by atoms with Gasteiger partial charge in [0.25, 0.3) is 0 Å². The Hall–Kier alpha value is -1.66. The molecule has 2 rings (SSSR count). The number of rotatable bonds is 6. The average molecular weight is 337 g/mol. The van der Waals surface area contributed by atoms with E-state index in [1.165, 1.54) is 11.0 Å². The highest BCUT2D eigenvalue weighted by molar-refractivity contribution is 5.73. The molecule has 2 N–H and O–H groups in total. The van der Waals surface area contributed by atoms with E-state index in [1.807, 2.05) is 25.1 Å². The summed E-state index contributed by atoms with van der Waals surface area (Å²) in [4.78, 5) is 15.6. The normalized spacial score (nSPS) is 16.4. The van der Waals surface area contributed by atoms with Crippen LogP contribution in [0.3, 0.4) is 0 Å². The number of carbonyl (C=O) groups excluding carboxylic acids is 1. The van der Waals surface area contributed by atoms with Crippen LogP contribution >= 0.6 is 0 Å². The number of nitrogens with one attached hydrogen (secondary N) is 1. The second kappa shape index (κ2) is 7.94. The Balaban J connectivity index is 1.85. The van der Waals surface area contributed by atoms with E-state index in [9.17, 15) is 14.3 Å². The first-order valence-electron chi connectivity index (χ1n) is 8.42. The summed E-state index contributed by atoms with van der Waals surface area (Å²) in [5, 5.41) is 13.1. The van der Waals surface area contributed by atoms with Crippen LogP contribution in [-0.4, -0.2) is 54.2 Å². The van der Waals surface area contributed by atoms with E-state index in [0.717, 1.165) is 31.2 Å². The van der Waals surface area contributed by atoms with Gasteiger partial charge in [-0.15, -0.1) is 0 Å². The van der Waals surface area contributed by atoms with Crippen LogP contribution in [0.1, 0.15) is 36.8 Å². The van der Waals surface area contributed by atoms with Crippen molar-refractivity contribution in [3.63, 3.8) is 0 Å². The molecular formula is C18H28FN3O2. The zero-order chi connectivity index (χ0) is 17.7. The Morgan fingerprint density at radius 2 is 1.96 bits per heavy atom. The number of aliphatic hydroxyl groups is 1. The predicted octanol–water partition coefficient (Wildman–Crippen LogP) is 2.33. The molecule has 0 aliphatic heterocycles. The van der Waals surface area contributed by atoms with Gasteiger partial charge in [-0.1, -0.05) is 25.0 Å². The molecule has 1 aromatic rings. The van der Waals surface area contributed by atoms with E-state index in [1.54, 1.807) is 13.1 Å². The van der Waals surface area contributed by atoms with Crippen molar-refractivity contribution in [2.45, 2.75) is 44.4 Å². The first-order valence-corrected chi connectivity index (χ1v) is 8.42. The lowest BCUT2D eigenvalue weighted by atomic mass is 10.0. The molecule has 0 radical (unpaired) electrons. The predicted molar refractivity (Wildman–Crippen MR) is 92.1 cm³/mol. The van der Waals surface area contributed by atoms with Crippen LogP contribution in [0.2, 0.25) is 0 Å². The molecule has 1 saturated carbocycles. The van der Waals surface area contributed by atoms with E-state index < -0.39 is 5.60 Å². The fourth-order valence-corrected chi connectivity index (χ4v) is 3.19. The zero-order valence-corrected chi connectivity index (χ0v) is 14.8. The van der Waals surface area contributed by atoms with Crippen molar-refractivity contribution >= 4 is 6.03 Å². The topological polar surface area (TPSA) is 55.8 Å². The molecule has 5 nitrogen and oxygen atoms in total. The minimum absolute atomic E-state index is 0.256. The van der Waals surface area contributed by atoms with Gasteiger partial charge in [0.1, 0.15) is 5.82 Å². The zero-order valence-electron chi connectivity index (χ0n) is 14.8. The lowest BCUT2D eigenvalue weighted by molar-refractivity contribution is 0.0247. The van der Waals surface area contributed by atoms with Crippen molar-refractivity contribution in [2.24, 2.45) is 0 Å². The van der Waals surface area contributed by atoms with E-state index in [2.05, 4.69) is 5.32 Å². The number of hydrogen-bond acceptors (Lipinski definition) is 3. The molecule has 1 fully saturated rings. The molecule has 6 heteroatoms. The first-order chi connectivity index (χ1) is 11.3. The summed E-state index contributed by atoms with van der Waals surface area (Å²) in [5.74, 6) is -0.260. The van der Waals surface area contributed by atoms with Crippen LogP contribution in [-0.2, 0) is 13.1 Å². The largest absolute Gasteiger partial charge is 0.388 e. The fourth-order valence-electron chi connectivity index (χ4n) is 3.19. The highest BCUT2D eigenvalue weighted by atomic mass is 19.1. The number of hydrogen-bond donors (Lipinski definition) is 2. The quantitative estimate of drug-likeness (QED) is 0.838. The molecule has 1 aliphatic carbocycles. The van der Waals surface area contributed by atoms with Crippen LogP contribution in [0, 0.1) is 5.82 Å². The van der Waals surface area contributed by atoms with Gasteiger partial charge >= 0.3 is 6.03 Å². The lowest BCUT2D eigenvalue weighted by Gasteiger charge is -2.28. The molecule has 0 aromatic heterocycles. The third-order valence-electron chi connectivity index (χ3n) is 4.46. The van der Waals surface area contributed by atoms with Crippen molar-refractivity contribution < 1.29 is 14.3 Å². The van der Waals surface area contributed by atoms with Crippen molar-refractivity contribution in [2.75, 3.05) is 27.7 Å². The molecule has 134 valence electrons. The molecular weight excluding hydrogens is 309 g/mol. The maximum Gasteiger partial charge on any atom is 0.317 e. The van der Waals surface area contributed by atoms with Gasteiger partial charge in [-0.25, -0.2) is 9.18 Å². The number of urea groups is 1. The molecule has 0 spiro atoms. The monoisotopic (exact) mass is 337 g/mol. The molecule has 24 heavy (non-hydrogen) atoms. The Kier molecular flexibility index (Phi) is 6.18. The third kappa shape index (κ3) is 5.18. The summed E-state index contributed by atoms with van der Waals surface area (Å²) in [6.45, 7) is 1.13.